The minimum Gasteiger partial charge on any atom is -0.453 e. The number of halogens is 1. The van der Waals surface area contributed by atoms with Crippen LogP contribution in [0.25, 0.3) is 11.0 Å². The van der Waals surface area contributed by atoms with Gasteiger partial charge in [-0.15, -0.1) is 0 Å². The Bertz CT molecular complexity index is 1270. The summed E-state index contributed by atoms with van der Waals surface area (Å²) in [6.45, 7) is 2.21. The van der Waals surface area contributed by atoms with E-state index in [0.717, 1.165) is 22.1 Å². The smallest absolute Gasteiger partial charge is 0.237 e. The SMILES string of the molecule is Cc1c[nH]c2nccc(Oc3ccc(CC(N)C(=O)NCc4ccc(CO)cc4)cc3F)c12. The lowest BCUT2D eigenvalue weighted by molar-refractivity contribution is -0.122. The molecule has 0 aliphatic carbocycles. The normalized spacial score (nSPS) is 12.0. The molecule has 5 N–H and O–H groups in total. The van der Waals surface area contributed by atoms with Crippen LogP contribution in [0.3, 0.4) is 0 Å². The van der Waals surface area contributed by atoms with Gasteiger partial charge in [0.25, 0.3) is 0 Å². The largest absolute Gasteiger partial charge is 0.453 e. The van der Waals surface area contributed by atoms with E-state index in [-0.39, 0.29) is 24.7 Å². The third kappa shape index (κ3) is 5.19. The number of amides is 1. The summed E-state index contributed by atoms with van der Waals surface area (Å²) >= 11 is 0. The van der Waals surface area contributed by atoms with Gasteiger partial charge in [0, 0.05) is 18.9 Å². The van der Waals surface area contributed by atoms with Gasteiger partial charge >= 0.3 is 0 Å². The number of hydrogen-bond donors (Lipinski definition) is 4. The molecule has 1 amide bonds. The van der Waals surface area contributed by atoms with Crippen LogP contribution in [0.2, 0.25) is 0 Å². The van der Waals surface area contributed by atoms with Crippen molar-refractivity contribution in [1.29, 1.82) is 0 Å². The second kappa shape index (κ2) is 9.81. The van der Waals surface area contributed by atoms with Crippen LogP contribution in [0.4, 0.5) is 4.39 Å². The van der Waals surface area contributed by atoms with E-state index in [1.54, 1.807) is 30.5 Å². The van der Waals surface area contributed by atoms with Crippen LogP contribution in [0.1, 0.15) is 22.3 Å². The van der Waals surface area contributed by atoms with Crippen LogP contribution in [0.5, 0.6) is 11.5 Å². The summed E-state index contributed by atoms with van der Waals surface area (Å²) in [6, 6.07) is 12.7. The number of rotatable bonds is 8. The predicted octanol–water partition coefficient (Wildman–Crippen LogP) is 3.48. The zero-order valence-electron chi connectivity index (χ0n) is 18.1. The Morgan fingerprint density at radius 1 is 1.15 bits per heavy atom. The highest BCUT2D eigenvalue weighted by Gasteiger charge is 2.16. The van der Waals surface area contributed by atoms with E-state index in [2.05, 4.69) is 15.3 Å². The zero-order chi connectivity index (χ0) is 23.4. The number of benzene rings is 2. The van der Waals surface area contributed by atoms with E-state index in [0.29, 0.717) is 23.5 Å². The molecule has 33 heavy (non-hydrogen) atoms. The maximum Gasteiger partial charge on any atom is 0.237 e. The molecule has 2 aromatic carbocycles. The Morgan fingerprint density at radius 3 is 2.61 bits per heavy atom. The fraction of sp³-hybridized carbons (Fsp3) is 0.200. The van der Waals surface area contributed by atoms with E-state index in [4.69, 9.17) is 15.6 Å². The highest BCUT2D eigenvalue weighted by molar-refractivity contribution is 5.86. The number of aliphatic hydroxyl groups is 1. The summed E-state index contributed by atoms with van der Waals surface area (Å²) in [7, 11) is 0. The summed E-state index contributed by atoms with van der Waals surface area (Å²) in [6.07, 6.45) is 3.60. The maximum atomic E-state index is 14.7. The lowest BCUT2D eigenvalue weighted by atomic mass is 10.1. The average Bonchev–Trinajstić information content (AvgIpc) is 3.21. The number of nitrogens with two attached hydrogens (primary N) is 1. The van der Waals surface area contributed by atoms with Crippen molar-refractivity contribution in [3.8, 4) is 11.5 Å². The van der Waals surface area contributed by atoms with Crippen molar-refractivity contribution in [3.05, 3.63) is 89.0 Å². The van der Waals surface area contributed by atoms with Gasteiger partial charge in [0.05, 0.1) is 18.0 Å². The molecule has 7 nitrogen and oxygen atoms in total. The molecule has 8 heteroatoms. The first-order valence-corrected chi connectivity index (χ1v) is 10.6. The molecule has 2 aromatic heterocycles. The molecule has 0 bridgehead atoms. The predicted molar refractivity (Wildman–Crippen MR) is 123 cm³/mol. The van der Waals surface area contributed by atoms with Crippen molar-refractivity contribution in [2.45, 2.75) is 32.5 Å². The van der Waals surface area contributed by atoms with Gasteiger partial charge in [-0.3, -0.25) is 4.79 Å². The number of hydrogen-bond acceptors (Lipinski definition) is 5. The number of aryl methyl sites for hydroxylation is 1. The summed E-state index contributed by atoms with van der Waals surface area (Å²) in [5, 5.41) is 12.7. The van der Waals surface area contributed by atoms with Gasteiger partial charge in [0.15, 0.2) is 11.6 Å². The number of ether oxygens (including phenoxy) is 1. The van der Waals surface area contributed by atoms with E-state index >= 15 is 0 Å². The van der Waals surface area contributed by atoms with E-state index < -0.39 is 11.9 Å². The number of nitrogens with zero attached hydrogens (tertiary/aromatic N) is 1. The van der Waals surface area contributed by atoms with Crippen molar-refractivity contribution < 1.29 is 19.0 Å². The van der Waals surface area contributed by atoms with Crippen LogP contribution in [0.15, 0.2) is 60.9 Å². The van der Waals surface area contributed by atoms with Crippen molar-refractivity contribution in [3.63, 3.8) is 0 Å². The molecule has 4 aromatic rings. The van der Waals surface area contributed by atoms with Gasteiger partial charge in [0.1, 0.15) is 11.4 Å². The van der Waals surface area contributed by atoms with Crippen molar-refractivity contribution in [2.24, 2.45) is 5.73 Å². The third-order valence-electron chi connectivity index (χ3n) is 5.41. The van der Waals surface area contributed by atoms with Crippen LogP contribution < -0.4 is 15.8 Å². The Morgan fingerprint density at radius 2 is 1.88 bits per heavy atom. The van der Waals surface area contributed by atoms with Crippen molar-refractivity contribution >= 4 is 16.9 Å². The van der Waals surface area contributed by atoms with Gasteiger partial charge in [-0.1, -0.05) is 30.3 Å². The molecule has 1 unspecified atom stereocenters. The van der Waals surface area contributed by atoms with Gasteiger partial charge in [-0.2, -0.15) is 0 Å². The topological polar surface area (TPSA) is 113 Å². The van der Waals surface area contributed by atoms with Crippen LogP contribution in [0, 0.1) is 12.7 Å². The quantitative estimate of drug-likeness (QED) is 0.330. The summed E-state index contributed by atoms with van der Waals surface area (Å²) in [5.74, 6) is -0.281. The van der Waals surface area contributed by atoms with Crippen LogP contribution in [-0.4, -0.2) is 27.0 Å². The lowest BCUT2D eigenvalue weighted by Crippen LogP contribution is -2.41. The zero-order valence-corrected chi connectivity index (χ0v) is 18.1. The van der Waals surface area contributed by atoms with Crippen LogP contribution >= 0.6 is 0 Å². The van der Waals surface area contributed by atoms with Gasteiger partial charge in [-0.05, 0) is 53.8 Å². The first kappa shape index (κ1) is 22.4. The van der Waals surface area contributed by atoms with Gasteiger partial charge in [-0.25, -0.2) is 9.37 Å². The number of aliphatic hydroxyl groups excluding tert-OH is 1. The molecule has 0 saturated heterocycles. The van der Waals surface area contributed by atoms with Crippen molar-refractivity contribution in [2.75, 3.05) is 0 Å². The van der Waals surface area contributed by atoms with Gasteiger partial charge in [0.2, 0.25) is 5.91 Å². The molecule has 4 rings (SSSR count). The fourth-order valence-electron chi connectivity index (χ4n) is 3.57. The fourth-order valence-corrected chi connectivity index (χ4v) is 3.57. The number of carbonyl (C=O) groups is 1. The summed E-state index contributed by atoms with van der Waals surface area (Å²) < 4.78 is 20.5. The van der Waals surface area contributed by atoms with Crippen LogP contribution in [-0.2, 0) is 24.4 Å². The Balaban J connectivity index is 1.38. The Hall–Kier alpha value is -3.75. The maximum absolute atomic E-state index is 14.7. The highest BCUT2D eigenvalue weighted by atomic mass is 19.1. The Labute approximate surface area is 190 Å². The number of aromatic nitrogens is 2. The molecule has 0 aliphatic heterocycles. The first-order valence-electron chi connectivity index (χ1n) is 10.6. The molecule has 0 aliphatic rings. The van der Waals surface area contributed by atoms with Gasteiger partial charge < -0.3 is 25.9 Å². The minimum absolute atomic E-state index is 0.0312. The molecule has 0 saturated carbocycles. The number of carbonyl (C=O) groups excluding carboxylic acids is 1. The van der Waals surface area contributed by atoms with E-state index in [1.165, 1.54) is 12.1 Å². The molecule has 170 valence electrons. The molecule has 1 atom stereocenters. The summed E-state index contributed by atoms with van der Waals surface area (Å²) in [4.78, 5) is 19.7. The lowest BCUT2D eigenvalue weighted by Gasteiger charge is -2.14. The molecular weight excluding hydrogens is 423 g/mol. The molecule has 2 heterocycles. The molecule has 0 fully saturated rings. The minimum atomic E-state index is -0.824. The summed E-state index contributed by atoms with van der Waals surface area (Å²) in [5.41, 5.74) is 9.93. The second-order valence-electron chi connectivity index (χ2n) is 7.87. The van der Waals surface area contributed by atoms with Crippen molar-refractivity contribution in [1.82, 2.24) is 15.3 Å². The number of nitrogens with one attached hydrogen (secondary N) is 2. The molecule has 0 radical (unpaired) electrons. The number of aromatic amines is 1. The standard InChI is InChI=1S/C25H25FN4O3/c1-15-12-29-24-23(15)22(8-9-28-24)33-21-7-6-18(10-19(21)26)11-20(27)25(32)30-13-16-2-4-17(14-31)5-3-16/h2-10,12,20,31H,11,13-14,27H2,1H3,(H,28,29)(H,30,32). The second-order valence-corrected chi connectivity index (χ2v) is 7.87. The first-order chi connectivity index (χ1) is 15.9. The highest BCUT2D eigenvalue weighted by Crippen LogP contribution is 2.32. The molecular formula is C25H25FN4O3. The number of pyridine rings is 1. The monoisotopic (exact) mass is 448 g/mol. The average molecular weight is 448 g/mol. The van der Waals surface area contributed by atoms with E-state index in [9.17, 15) is 9.18 Å². The number of H-pyrrole nitrogens is 1. The Kier molecular flexibility index (Phi) is 6.67. The van der Waals surface area contributed by atoms with E-state index in [1.807, 2.05) is 25.3 Å². The molecule has 0 spiro atoms. The number of fused-ring (bicyclic) bond motifs is 1. The third-order valence-corrected chi connectivity index (χ3v) is 5.41.